The maximum atomic E-state index is 12.5. The molecule has 0 amide bonds. The van der Waals surface area contributed by atoms with E-state index in [2.05, 4.69) is 0 Å². The molecule has 2 aromatic rings. The van der Waals surface area contributed by atoms with Crippen LogP contribution in [0, 0.1) is 0 Å². The van der Waals surface area contributed by atoms with E-state index in [1.54, 1.807) is 30.3 Å². The van der Waals surface area contributed by atoms with E-state index in [-0.39, 0.29) is 9.79 Å². The molecule has 0 aliphatic carbocycles. The summed E-state index contributed by atoms with van der Waals surface area (Å²) in [5.74, 6) is 0. The molecule has 20 heavy (non-hydrogen) atoms. The zero-order valence-electron chi connectivity index (χ0n) is 10.6. The number of sulfone groups is 1. The van der Waals surface area contributed by atoms with Crippen LogP contribution in [0.5, 0.6) is 0 Å². The summed E-state index contributed by atoms with van der Waals surface area (Å²) in [5.41, 5.74) is 1.74. The second-order valence-corrected chi connectivity index (χ2v) is 7.26. The third-order valence-electron chi connectivity index (χ3n) is 3.60. The molecule has 0 fully saturated rings. The molecule has 2 aromatic carbocycles. The molecule has 1 aliphatic heterocycles. The topological polar surface area (TPSA) is 54.4 Å². The SMILES string of the molecule is O=S(=O)(c1ccc(Cl)cc1)c1ccc2c(c1)B(O)CC2. The molecule has 0 spiro atoms. The third kappa shape index (κ3) is 2.26. The highest BCUT2D eigenvalue weighted by atomic mass is 35.5. The summed E-state index contributed by atoms with van der Waals surface area (Å²) in [6.45, 7) is -0.564. The predicted octanol–water partition coefficient (Wildman–Crippen LogP) is 1.92. The second-order valence-electron chi connectivity index (χ2n) is 4.87. The van der Waals surface area contributed by atoms with Crippen molar-refractivity contribution in [2.24, 2.45) is 0 Å². The van der Waals surface area contributed by atoms with Gasteiger partial charge in [0.25, 0.3) is 0 Å². The monoisotopic (exact) mass is 306 g/mol. The van der Waals surface area contributed by atoms with Crippen molar-refractivity contribution in [2.45, 2.75) is 22.5 Å². The van der Waals surface area contributed by atoms with Gasteiger partial charge in [0.1, 0.15) is 0 Å². The minimum absolute atomic E-state index is 0.203. The highest BCUT2D eigenvalue weighted by Gasteiger charge is 2.27. The molecule has 0 atom stereocenters. The van der Waals surface area contributed by atoms with E-state index in [9.17, 15) is 13.4 Å². The fourth-order valence-corrected chi connectivity index (χ4v) is 3.90. The van der Waals surface area contributed by atoms with Crippen LogP contribution >= 0.6 is 11.6 Å². The predicted molar refractivity (Wildman–Crippen MR) is 79.5 cm³/mol. The summed E-state index contributed by atoms with van der Waals surface area (Å²) in [6.07, 6.45) is 1.44. The van der Waals surface area contributed by atoms with E-state index in [1.165, 1.54) is 12.1 Å². The van der Waals surface area contributed by atoms with Gasteiger partial charge in [-0.1, -0.05) is 23.2 Å². The summed E-state index contributed by atoms with van der Waals surface area (Å²) >= 11 is 5.78. The molecule has 0 radical (unpaired) electrons. The molecule has 3 rings (SSSR count). The Morgan fingerprint density at radius 2 is 1.70 bits per heavy atom. The van der Waals surface area contributed by atoms with E-state index in [0.29, 0.717) is 11.3 Å². The highest BCUT2D eigenvalue weighted by molar-refractivity contribution is 7.91. The number of benzene rings is 2. The van der Waals surface area contributed by atoms with Gasteiger partial charge in [0.05, 0.1) is 9.79 Å². The van der Waals surface area contributed by atoms with Crippen LogP contribution < -0.4 is 5.46 Å². The Bertz CT molecular complexity index is 756. The van der Waals surface area contributed by atoms with Crippen LogP contribution in [0.1, 0.15) is 5.56 Å². The molecule has 0 saturated heterocycles. The number of fused-ring (bicyclic) bond motifs is 1. The average Bonchev–Trinajstić information content (AvgIpc) is 2.80. The quantitative estimate of drug-likeness (QED) is 0.863. The van der Waals surface area contributed by atoms with E-state index < -0.39 is 16.8 Å². The van der Waals surface area contributed by atoms with Crippen molar-refractivity contribution in [3.05, 3.63) is 53.1 Å². The van der Waals surface area contributed by atoms with Gasteiger partial charge in [-0.3, -0.25) is 0 Å². The van der Waals surface area contributed by atoms with Crippen LogP contribution in [0.4, 0.5) is 0 Å². The second kappa shape index (κ2) is 4.92. The first-order valence-electron chi connectivity index (χ1n) is 6.30. The Morgan fingerprint density at radius 3 is 2.40 bits per heavy atom. The number of rotatable bonds is 2. The van der Waals surface area contributed by atoms with Crippen LogP contribution in [0.2, 0.25) is 11.3 Å². The Kier molecular flexibility index (Phi) is 3.36. The van der Waals surface area contributed by atoms with Gasteiger partial charge in [0.15, 0.2) is 0 Å². The normalized spacial score (nSPS) is 14.4. The summed E-state index contributed by atoms with van der Waals surface area (Å²) < 4.78 is 25.1. The molecule has 1 heterocycles. The van der Waals surface area contributed by atoms with Crippen molar-refractivity contribution in [3.8, 4) is 0 Å². The maximum absolute atomic E-state index is 12.5. The lowest BCUT2D eigenvalue weighted by molar-refractivity contribution is 0.587. The van der Waals surface area contributed by atoms with E-state index >= 15 is 0 Å². The van der Waals surface area contributed by atoms with E-state index in [1.807, 2.05) is 0 Å². The Balaban J connectivity index is 2.08. The zero-order valence-corrected chi connectivity index (χ0v) is 12.2. The molecule has 0 bridgehead atoms. The van der Waals surface area contributed by atoms with Gasteiger partial charge in [0.2, 0.25) is 9.84 Å². The van der Waals surface area contributed by atoms with Crippen molar-refractivity contribution < 1.29 is 13.4 Å². The molecule has 102 valence electrons. The van der Waals surface area contributed by atoms with Crippen molar-refractivity contribution in [1.82, 2.24) is 0 Å². The van der Waals surface area contributed by atoms with Gasteiger partial charge in [-0.2, -0.15) is 0 Å². The largest absolute Gasteiger partial charge is 0.446 e. The lowest BCUT2D eigenvalue weighted by Crippen LogP contribution is -2.26. The average molecular weight is 307 g/mol. The minimum Gasteiger partial charge on any atom is -0.446 e. The van der Waals surface area contributed by atoms with Gasteiger partial charge >= 0.3 is 6.92 Å². The minimum atomic E-state index is -3.57. The first-order valence-corrected chi connectivity index (χ1v) is 8.16. The lowest BCUT2D eigenvalue weighted by atomic mass is 9.63. The zero-order chi connectivity index (χ0) is 14.3. The Hall–Kier alpha value is -1.30. The highest BCUT2D eigenvalue weighted by Crippen LogP contribution is 2.24. The van der Waals surface area contributed by atoms with E-state index in [0.717, 1.165) is 17.4 Å². The molecule has 6 heteroatoms. The number of hydrogen-bond donors (Lipinski definition) is 1. The summed E-state index contributed by atoms with van der Waals surface area (Å²) in [7, 11) is -3.57. The van der Waals surface area contributed by atoms with Crippen LogP contribution in [0.15, 0.2) is 52.3 Å². The molecular formula is C14H12BClO3S. The van der Waals surface area contributed by atoms with Gasteiger partial charge in [0, 0.05) is 5.02 Å². The first-order chi connectivity index (χ1) is 9.48. The third-order valence-corrected chi connectivity index (χ3v) is 5.62. The molecule has 1 N–H and O–H groups in total. The van der Waals surface area contributed by atoms with Crippen LogP contribution in [0.3, 0.4) is 0 Å². The Labute approximate surface area is 123 Å². The van der Waals surface area contributed by atoms with Crippen molar-refractivity contribution in [3.63, 3.8) is 0 Å². The lowest BCUT2D eigenvalue weighted by Gasteiger charge is -2.08. The smallest absolute Gasteiger partial charge is 0.324 e. The fourth-order valence-electron chi connectivity index (χ4n) is 2.48. The molecule has 0 unspecified atom stereocenters. The first kappa shape index (κ1) is 13.7. The van der Waals surface area contributed by atoms with Crippen molar-refractivity contribution >= 4 is 33.8 Å². The van der Waals surface area contributed by atoms with Gasteiger partial charge in [-0.25, -0.2) is 8.42 Å². The molecule has 0 saturated carbocycles. The molecule has 1 aliphatic rings. The number of halogens is 1. The number of hydrogen-bond acceptors (Lipinski definition) is 3. The summed E-state index contributed by atoms with van der Waals surface area (Å²) in [4.78, 5) is 0.411. The van der Waals surface area contributed by atoms with Gasteiger partial charge in [-0.05, 0) is 54.6 Å². The molecule has 3 nitrogen and oxygen atoms in total. The van der Waals surface area contributed by atoms with Crippen LogP contribution in [0.25, 0.3) is 0 Å². The van der Waals surface area contributed by atoms with Crippen molar-refractivity contribution in [1.29, 1.82) is 0 Å². The van der Waals surface area contributed by atoms with Crippen LogP contribution in [-0.2, 0) is 16.3 Å². The Morgan fingerprint density at radius 1 is 1.05 bits per heavy atom. The van der Waals surface area contributed by atoms with Gasteiger partial charge < -0.3 is 5.02 Å². The number of aryl methyl sites for hydroxylation is 1. The maximum Gasteiger partial charge on any atom is 0.324 e. The van der Waals surface area contributed by atoms with Gasteiger partial charge in [-0.15, -0.1) is 0 Å². The van der Waals surface area contributed by atoms with Crippen LogP contribution in [-0.4, -0.2) is 20.4 Å². The fraction of sp³-hybridized carbons (Fsp3) is 0.143. The van der Waals surface area contributed by atoms with Crippen molar-refractivity contribution in [2.75, 3.05) is 0 Å². The summed E-state index contributed by atoms with van der Waals surface area (Å²) in [6, 6.07) is 11.0. The summed E-state index contributed by atoms with van der Waals surface area (Å²) in [5, 5.41) is 10.4. The standard InChI is InChI=1S/C14H12BClO3S/c16-11-2-5-12(6-3-11)20(18,19)13-4-1-10-7-8-15(17)14(10)9-13/h1-6,9,17H,7-8H2. The van der Waals surface area contributed by atoms with E-state index in [4.69, 9.17) is 11.6 Å². The molecule has 0 aromatic heterocycles. The molecular weight excluding hydrogens is 294 g/mol.